The molecule has 10 nitrogen and oxygen atoms in total. The molecule has 3 atom stereocenters. The Balaban J connectivity index is 4.24. The van der Waals surface area contributed by atoms with E-state index in [1.807, 2.05) is 42.5 Å². The Morgan fingerprint density at radius 1 is 0.635 bits per heavy atom. The summed E-state index contributed by atoms with van der Waals surface area (Å²) in [5.41, 5.74) is 0. The SMILES string of the molecule is CC/C=C\C[C@@H](O)/C=C/C=C\C/C=C\C=C\[C@@H](O)/C=C\CCCC(=O)OC[C@H](COP(=O)(O)O)OC(=O)CCCCCCCCCCCCCCC. The Morgan fingerprint density at radius 3 is 1.81 bits per heavy atom. The van der Waals surface area contributed by atoms with Crippen molar-refractivity contribution in [3.05, 3.63) is 72.9 Å². The van der Waals surface area contributed by atoms with Crippen LogP contribution in [0.25, 0.3) is 0 Å². The summed E-state index contributed by atoms with van der Waals surface area (Å²) in [6.07, 6.45) is 38.4. The molecular formula is C41H69O10P. The van der Waals surface area contributed by atoms with Crippen LogP contribution in [0.5, 0.6) is 0 Å². The number of rotatable bonds is 34. The second kappa shape index (κ2) is 35.4. The Kier molecular flexibility index (Phi) is 33.7. The molecule has 0 aromatic heterocycles. The molecule has 0 bridgehead atoms. The number of hydrogen-bond donors (Lipinski definition) is 4. The number of hydrogen-bond acceptors (Lipinski definition) is 8. The molecule has 0 radical (unpaired) electrons. The molecule has 0 fully saturated rings. The van der Waals surface area contributed by atoms with Crippen LogP contribution in [-0.2, 0) is 28.2 Å². The molecule has 0 aliphatic carbocycles. The topological polar surface area (TPSA) is 160 Å². The highest BCUT2D eigenvalue weighted by Gasteiger charge is 2.22. The lowest BCUT2D eigenvalue weighted by molar-refractivity contribution is -0.161. The van der Waals surface area contributed by atoms with E-state index in [-0.39, 0.29) is 19.4 Å². The van der Waals surface area contributed by atoms with Gasteiger partial charge in [-0.25, -0.2) is 4.57 Å². The Bertz CT molecular complexity index is 1100. The first kappa shape index (κ1) is 49.4. The third-order valence-electron chi connectivity index (χ3n) is 7.91. The number of unbranched alkanes of at least 4 members (excludes halogenated alkanes) is 13. The molecule has 52 heavy (non-hydrogen) atoms. The summed E-state index contributed by atoms with van der Waals surface area (Å²) >= 11 is 0. The van der Waals surface area contributed by atoms with Crippen molar-refractivity contribution < 1.29 is 48.2 Å². The van der Waals surface area contributed by atoms with Gasteiger partial charge in [0.2, 0.25) is 0 Å². The van der Waals surface area contributed by atoms with Gasteiger partial charge in [0.05, 0.1) is 18.8 Å². The smallest absolute Gasteiger partial charge is 0.462 e. The van der Waals surface area contributed by atoms with Crippen LogP contribution in [-0.4, -0.2) is 63.5 Å². The second-order valence-electron chi connectivity index (χ2n) is 12.9. The van der Waals surface area contributed by atoms with Gasteiger partial charge in [-0.2, -0.15) is 0 Å². The highest BCUT2D eigenvalue weighted by atomic mass is 31.2. The van der Waals surface area contributed by atoms with E-state index in [1.165, 1.54) is 57.8 Å². The number of allylic oxidation sites excluding steroid dienone is 8. The normalized spacial score (nSPS) is 14.5. The average molecular weight is 753 g/mol. The summed E-state index contributed by atoms with van der Waals surface area (Å²) in [4.78, 5) is 42.7. The predicted octanol–water partition coefficient (Wildman–Crippen LogP) is 9.45. The lowest BCUT2D eigenvalue weighted by atomic mass is 10.0. The molecule has 0 saturated carbocycles. The molecule has 0 saturated heterocycles. The molecule has 298 valence electrons. The van der Waals surface area contributed by atoms with Crippen molar-refractivity contribution in [3.63, 3.8) is 0 Å². The summed E-state index contributed by atoms with van der Waals surface area (Å²) in [6, 6.07) is 0. The van der Waals surface area contributed by atoms with Crippen molar-refractivity contribution in [2.45, 2.75) is 161 Å². The first-order valence-corrected chi connectivity index (χ1v) is 21.0. The van der Waals surface area contributed by atoms with E-state index < -0.39 is 44.7 Å². The molecule has 0 aliphatic rings. The predicted molar refractivity (Wildman–Crippen MR) is 209 cm³/mol. The van der Waals surface area contributed by atoms with Crippen LogP contribution in [0, 0.1) is 0 Å². The van der Waals surface area contributed by atoms with Crippen LogP contribution in [0.1, 0.15) is 142 Å². The van der Waals surface area contributed by atoms with Crippen LogP contribution >= 0.6 is 7.82 Å². The quantitative estimate of drug-likeness (QED) is 0.0164. The van der Waals surface area contributed by atoms with E-state index >= 15 is 0 Å². The van der Waals surface area contributed by atoms with Gasteiger partial charge in [0.1, 0.15) is 6.61 Å². The fourth-order valence-corrected chi connectivity index (χ4v) is 5.35. The largest absolute Gasteiger partial charge is 0.469 e. The molecule has 0 heterocycles. The first-order chi connectivity index (χ1) is 25.1. The average Bonchev–Trinajstić information content (AvgIpc) is 3.10. The van der Waals surface area contributed by atoms with Crippen molar-refractivity contribution in [1.82, 2.24) is 0 Å². The molecule has 0 rings (SSSR count). The van der Waals surface area contributed by atoms with Crippen LogP contribution in [0.3, 0.4) is 0 Å². The van der Waals surface area contributed by atoms with Crippen molar-refractivity contribution >= 4 is 19.8 Å². The molecule has 11 heteroatoms. The molecule has 0 amide bonds. The number of carbonyl (C=O) groups is 2. The Morgan fingerprint density at radius 2 is 1.21 bits per heavy atom. The highest BCUT2D eigenvalue weighted by Crippen LogP contribution is 2.36. The maximum atomic E-state index is 12.4. The molecule has 0 aromatic carbocycles. The van der Waals surface area contributed by atoms with E-state index in [0.717, 1.165) is 25.7 Å². The number of phosphoric ester groups is 1. The van der Waals surface area contributed by atoms with Gasteiger partial charge in [-0.05, 0) is 38.5 Å². The van der Waals surface area contributed by atoms with Crippen molar-refractivity contribution in [2.24, 2.45) is 0 Å². The van der Waals surface area contributed by atoms with Gasteiger partial charge in [-0.15, -0.1) is 0 Å². The Hall–Kier alpha value is -2.59. The van der Waals surface area contributed by atoms with E-state index in [0.29, 0.717) is 32.1 Å². The van der Waals surface area contributed by atoms with Crippen molar-refractivity contribution in [1.29, 1.82) is 0 Å². The van der Waals surface area contributed by atoms with E-state index in [9.17, 15) is 24.4 Å². The summed E-state index contributed by atoms with van der Waals surface area (Å²) in [5, 5.41) is 19.9. The lowest BCUT2D eigenvalue weighted by Gasteiger charge is -2.18. The third kappa shape index (κ3) is 37.2. The minimum Gasteiger partial charge on any atom is -0.462 e. The van der Waals surface area contributed by atoms with Crippen LogP contribution in [0.15, 0.2) is 72.9 Å². The van der Waals surface area contributed by atoms with Gasteiger partial charge in [-0.3, -0.25) is 14.1 Å². The minimum atomic E-state index is -4.80. The summed E-state index contributed by atoms with van der Waals surface area (Å²) in [5.74, 6) is -1.07. The number of carbonyl (C=O) groups excluding carboxylic acids is 2. The molecule has 4 N–H and O–H groups in total. The van der Waals surface area contributed by atoms with Gasteiger partial charge in [0.15, 0.2) is 6.10 Å². The van der Waals surface area contributed by atoms with Gasteiger partial charge in [-0.1, -0.05) is 164 Å². The summed E-state index contributed by atoms with van der Waals surface area (Å²) in [7, 11) is -4.80. The third-order valence-corrected chi connectivity index (χ3v) is 8.40. The number of aliphatic hydroxyl groups is 2. The van der Waals surface area contributed by atoms with Crippen LogP contribution in [0.2, 0.25) is 0 Å². The lowest BCUT2D eigenvalue weighted by Crippen LogP contribution is -2.29. The second-order valence-corrected chi connectivity index (χ2v) is 14.2. The van der Waals surface area contributed by atoms with Crippen LogP contribution in [0.4, 0.5) is 0 Å². The Labute approximate surface area is 314 Å². The fourth-order valence-electron chi connectivity index (χ4n) is 4.99. The van der Waals surface area contributed by atoms with Gasteiger partial charge < -0.3 is 29.5 Å². The molecule has 0 spiro atoms. The van der Waals surface area contributed by atoms with E-state index in [4.69, 9.17) is 19.3 Å². The number of esters is 2. The summed E-state index contributed by atoms with van der Waals surface area (Å²) in [6.45, 7) is 3.31. The molecule has 0 aromatic rings. The van der Waals surface area contributed by atoms with Gasteiger partial charge in [0, 0.05) is 12.8 Å². The first-order valence-electron chi connectivity index (χ1n) is 19.5. The van der Waals surface area contributed by atoms with E-state index in [1.54, 1.807) is 30.4 Å². The number of aliphatic hydroxyl groups excluding tert-OH is 2. The van der Waals surface area contributed by atoms with Gasteiger partial charge in [0.25, 0.3) is 0 Å². The van der Waals surface area contributed by atoms with E-state index in [2.05, 4.69) is 18.4 Å². The fraction of sp³-hybridized carbons (Fsp3) is 0.659. The number of ether oxygens (including phenoxy) is 2. The number of phosphoric acid groups is 1. The maximum absolute atomic E-state index is 12.4. The zero-order valence-corrected chi connectivity index (χ0v) is 32.8. The monoisotopic (exact) mass is 752 g/mol. The molecular weight excluding hydrogens is 683 g/mol. The zero-order valence-electron chi connectivity index (χ0n) is 31.9. The standard InChI is InChI=1S/C41H69O10P/c1-3-5-7-8-9-10-11-12-13-14-18-21-27-34-41(45)51-39(36-50-52(46,47)48)35-49-40(44)33-28-22-26-32-38(43)31-25-20-17-15-16-19-24-30-37(42)29-23-6-4-2/h6,16-17,19-20,23-26,30-32,37-39,42-43H,3-5,7-15,18,21-22,27-29,33-36H2,1-2H3,(H2,46,47,48)/b19-16-,20-17-,23-6-,30-24+,31-25+,32-26-/t37-,38-,39-/m1/s1. The van der Waals surface area contributed by atoms with Crippen molar-refractivity contribution in [3.8, 4) is 0 Å². The minimum absolute atomic E-state index is 0.0789. The zero-order chi connectivity index (χ0) is 38.5. The molecule has 0 unspecified atom stereocenters. The summed E-state index contributed by atoms with van der Waals surface area (Å²) < 4.78 is 26.2. The van der Waals surface area contributed by atoms with Gasteiger partial charge >= 0.3 is 19.8 Å². The maximum Gasteiger partial charge on any atom is 0.469 e. The van der Waals surface area contributed by atoms with Crippen molar-refractivity contribution in [2.75, 3.05) is 13.2 Å². The molecule has 0 aliphatic heterocycles. The highest BCUT2D eigenvalue weighted by molar-refractivity contribution is 7.46. The van der Waals surface area contributed by atoms with Crippen LogP contribution < -0.4 is 0 Å².